The van der Waals surface area contributed by atoms with Crippen LogP contribution in [0.1, 0.15) is 32.8 Å². The van der Waals surface area contributed by atoms with Gasteiger partial charge in [-0.2, -0.15) is 0 Å². The highest BCUT2D eigenvalue weighted by molar-refractivity contribution is 5.77. The maximum absolute atomic E-state index is 11.9. The normalized spacial score (nSPS) is 11.0. The van der Waals surface area contributed by atoms with Crippen LogP contribution in [-0.2, 0) is 11.2 Å². The Balaban J connectivity index is 2.82. The zero-order valence-electron chi connectivity index (χ0n) is 13.7. The zero-order chi connectivity index (χ0) is 16.0. The van der Waals surface area contributed by atoms with E-state index in [1.165, 1.54) is 0 Å². The molecule has 21 heavy (non-hydrogen) atoms. The summed E-state index contributed by atoms with van der Waals surface area (Å²) >= 11 is 0. The van der Waals surface area contributed by atoms with Gasteiger partial charge in [-0.1, -0.05) is 0 Å². The van der Waals surface area contributed by atoms with Crippen LogP contribution in [0.3, 0.4) is 0 Å². The van der Waals surface area contributed by atoms with E-state index in [4.69, 9.17) is 14.2 Å². The first-order chi connectivity index (χ1) is 9.80. The molecule has 5 heteroatoms. The summed E-state index contributed by atoms with van der Waals surface area (Å²) in [6, 6.07) is 3.73. The van der Waals surface area contributed by atoms with E-state index in [2.05, 4.69) is 5.32 Å². The number of rotatable bonds is 6. The van der Waals surface area contributed by atoms with Gasteiger partial charge in [0.15, 0.2) is 11.5 Å². The van der Waals surface area contributed by atoms with Crippen LogP contribution in [0.2, 0.25) is 0 Å². The van der Waals surface area contributed by atoms with Crippen LogP contribution in [0.25, 0.3) is 0 Å². The molecule has 0 unspecified atom stereocenters. The summed E-state index contributed by atoms with van der Waals surface area (Å²) in [4.78, 5) is 11.9. The van der Waals surface area contributed by atoms with Crippen molar-refractivity contribution in [3.8, 4) is 17.2 Å². The van der Waals surface area contributed by atoms with Crippen molar-refractivity contribution >= 4 is 5.91 Å². The Labute approximate surface area is 126 Å². The Hall–Kier alpha value is -1.91. The summed E-state index contributed by atoms with van der Waals surface area (Å²) in [6.45, 7) is 5.89. The molecule has 0 radical (unpaired) electrons. The Morgan fingerprint density at radius 3 is 1.95 bits per heavy atom. The predicted molar refractivity (Wildman–Crippen MR) is 82.3 cm³/mol. The molecule has 1 aromatic rings. The molecular formula is C16H25NO4. The van der Waals surface area contributed by atoms with E-state index in [-0.39, 0.29) is 11.4 Å². The smallest absolute Gasteiger partial charge is 0.220 e. The van der Waals surface area contributed by atoms with Crippen LogP contribution in [0, 0.1) is 0 Å². The monoisotopic (exact) mass is 295 g/mol. The van der Waals surface area contributed by atoms with Crippen molar-refractivity contribution in [2.75, 3.05) is 21.3 Å². The minimum Gasteiger partial charge on any atom is -0.493 e. The van der Waals surface area contributed by atoms with Crippen LogP contribution < -0.4 is 19.5 Å². The topological polar surface area (TPSA) is 56.8 Å². The van der Waals surface area contributed by atoms with Gasteiger partial charge in [0.1, 0.15) is 0 Å². The standard InChI is InChI=1S/C16H25NO4/c1-16(2,3)17-14(18)8-7-11-9-12(19-4)15(21-6)13(10-11)20-5/h9-10H,7-8H2,1-6H3,(H,17,18). The van der Waals surface area contributed by atoms with Crippen LogP contribution in [0.4, 0.5) is 0 Å². The number of benzene rings is 1. The highest BCUT2D eigenvalue weighted by Crippen LogP contribution is 2.38. The van der Waals surface area contributed by atoms with Gasteiger partial charge >= 0.3 is 0 Å². The molecule has 0 aliphatic carbocycles. The van der Waals surface area contributed by atoms with Gasteiger partial charge in [-0.25, -0.2) is 0 Å². The average molecular weight is 295 g/mol. The van der Waals surface area contributed by atoms with E-state index >= 15 is 0 Å². The van der Waals surface area contributed by atoms with Gasteiger partial charge in [0.25, 0.3) is 0 Å². The maximum atomic E-state index is 11.9. The summed E-state index contributed by atoms with van der Waals surface area (Å²) in [5.41, 5.74) is 0.750. The second kappa shape index (κ2) is 7.20. The number of hydrogen-bond donors (Lipinski definition) is 1. The summed E-state index contributed by atoms with van der Waals surface area (Å²) in [5, 5.41) is 2.94. The highest BCUT2D eigenvalue weighted by Gasteiger charge is 2.16. The van der Waals surface area contributed by atoms with Gasteiger partial charge in [0.05, 0.1) is 21.3 Å². The molecule has 1 aromatic carbocycles. The lowest BCUT2D eigenvalue weighted by Gasteiger charge is -2.20. The van der Waals surface area contributed by atoms with E-state index in [0.29, 0.717) is 30.1 Å². The second-order valence-corrected chi connectivity index (χ2v) is 5.83. The molecular weight excluding hydrogens is 270 g/mol. The summed E-state index contributed by atoms with van der Waals surface area (Å²) in [6.07, 6.45) is 1.02. The molecule has 0 spiro atoms. The first-order valence-electron chi connectivity index (χ1n) is 6.90. The van der Waals surface area contributed by atoms with E-state index < -0.39 is 0 Å². The number of carbonyl (C=O) groups excluding carboxylic acids is 1. The lowest BCUT2D eigenvalue weighted by Crippen LogP contribution is -2.40. The fourth-order valence-electron chi connectivity index (χ4n) is 2.02. The van der Waals surface area contributed by atoms with Crippen molar-refractivity contribution in [2.45, 2.75) is 39.2 Å². The average Bonchev–Trinajstić information content (AvgIpc) is 2.41. The molecule has 0 aliphatic heterocycles. The van der Waals surface area contributed by atoms with Crippen molar-refractivity contribution in [1.82, 2.24) is 5.32 Å². The highest BCUT2D eigenvalue weighted by atomic mass is 16.5. The van der Waals surface area contributed by atoms with Crippen molar-refractivity contribution in [3.05, 3.63) is 17.7 Å². The number of methoxy groups -OCH3 is 3. The molecule has 0 heterocycles. The molecule has 1 rings (SSSR count). The third kappa shape index (κ3) is 5.17. The van der Waals surface area contributed by atoms with Gasteiger partial charge < -0.3 is 19.5 Å². The van der Waals surface area contributed by atoms with Crippen molar-refractivity contribution in [2.24, 2.45) is 0 Å². The number of carbonyl (C=O) groups is 1. The van der Waals surface area contributed by atoms with E-state index in [1.54, 1.807) is 21.3 Å². The Bertz CT molecular complexity index is 467. The molecule has 0 aliphatic rings. The molecule has 0 aromatic heterocycles. The van der Waals surface area contributed by atoms with Gasteiger partial charge in [-0.3, -0.25) is 4.79 Å². The predicted octanol–water partition coefficient (Wildman–Crippen LogP) is 2.56. The van der Waals surface area contributed by atoms with Crippen LogP contribution in [0.15, 0.2) is 12.1 Å². The first kappa shape index (κ1) is 17.1. The van der Waals surface area contributed by atoms with Gasteiger partial charge in [0, 0.05) is 12.0 Å². The number of nitrogens with one attached hydrogen (secondary N) is 1. The van der Waals surface area contributed by atoms with Gasteiger partial charge in [-0.05, 0) is 44.9 Å². The van der Waals surface area contributed by atoms with Gasteiger partial charge in [0.2, 0.25) is 11.7 Å². The third-order valence-corrected chi connectivity index (χ3v) is 2.88. The molecule has 0 fully saturated rings. The molecule has 1 amide bonds. The lowest BCUT2D eigenvalue weighted by molar-refractivity contribution is -0.122. The van der Waals surface area contributed by atoms with E-state index in [0.717, 1.165) is 5.56 Å². The summed E-state index contributed by atoms with van der Waals surface area (Å²) in [7, 11) is 4.72. The Morgan fingerprint density at radius 2 is 1.57 bits per heavy atom. The van der Waals surface area contributed by atoms with E-state index in [1.807, 2.05) is 32.9 Å². The maximum Gasteiger partial charge on any atom is 0.220 e. The number of aryl methyl sites for hydroxylation is 1. The molecule has 0 bridgehead atoms. The van der Waals surface area contributed by atoms with Crippen molar-refractivity contribution < 1.29 is 19.0 Å². The number of ether oxygens (including phenoxy) is 3. The number of amides is 1. The van der Waals surface area contributed by atoms with Gasteiger partial charge in [-0.15, -0.1) is 0 Å². The Morgan fingerprint density at radius 1 is 1.05 bits per heavy atom. The first-order valence-corrected chi connectivity index (χ1v) is 6.90. The largest absolute Gasteiger partial charge is 0.493 e. The molecule has 118 valence electrons. The molecule has 0 atom stereocenters. The molecule has 0 saturated carbocycles. The SMILES string of the molecule is COc1cc(CCC(=O)NC(C)(C)C)cc(OC)c1OC. The van der Waals surface area contributed by atoms with Crippen LogP contribution >= 0.6 is 0 Å². The lowest BCUT2D eigenvalue weighted by atomic mass is 10.1. The van der Waals surface area contributed by atoms with E-state index in [9.17, 15) is 4.79 Å². The minimum absolute atomic E-state index is 0.0243. The zero-order valence-corrected chi connectivity index (χ0v) is 13.7. The van der Waals surface area contributed by atoms with Crippen molar-refractivity contribution in [1.29, 1.82) is 0 Å². The summed E-state index contributed by atoms with van der Waals surface area (Å²) in [5.74, 6) is 1.78. The molecule has 1 N–H and O–H groups in total. The summed E-state index contributed by atoms with van der Waals surface area (Å²) < 4.78 is 15.9. The molecule has 5 nitrogen and oxygen atoms in total. The third-order valence-electron chi connectivity index (χ3n) is 2.88. The van der Waals surface area contributed by atoms with Crippen molar-refractivity contribution in [3.63, 3.8) is 0 Å². The fourth-order valence-corrected chi connectivity index (χ4v) is 2.02. The molecule has 0 saturated heterocycles. The van der Waals surface area contributed by atoms with Crippen LogP contribution in [-0.4, -0.2) is 32.8 Å². The minimum atomic E-state index is -0.216. The number of hydrogen-bond acceptors (Lipinski definition) is 4. The fraction of sp³-hybridized carbons (Fsp3) is 0.562. The Kier molecular flexibility index (Phi) is 5.88. The quantitative estimate of drug-likeness (QED) is 0.876. The second-order valence-electron chi connectivity index (χ2n) is 5.83. The van der Waals surface area contributed by atoms with Crippen LogP contribution in [0.5, 0.6) is 17.2 Å².